The molecule has 1 heterocycles. The molecule has 3 rings (SSSR count). The zero-order valence-electron chi connectivity index (χ0n) is 19.1. The Kier molecular flexibility index (Phi) is 8.77. The minimum absolute atomic E-state index is 0.0188. The molecule has 0 bridgehead atoms. The molecule has 1 aliphatic heterocycles. The largest absolute Gasteiger partial charge is 0.493 e. The van der Waals surface area contributed by atoms with E-state index < -0.39 is 0 Å². The summed E-state index contributed by atoms with van der Waals surface area (Å²) < 4.78 is 11.6. The van der Waals surface area contributed by atoms with Crippen LogP contribution in [0, 0.1) is 5.92 Å². The van der Waals surface area contributed by atoms with Gasteiger partial charge >= 0.3 is 0 Å². The molecule has 1 atom stereocenters. The van der Waals surface area contributed by atoms with E-state index in [1.165, 1.54) is 19.3 Å². The lowest BCUT2D eigenvalue weighted by Gasteiger charge is -2.29. The summed E-state index contributed by atoms with van der Waals surface area (Å²) in [5.74, 6) is 1.58. The van der Waals surface area contributed by atoms with E-state index in [0.717, 1.165) is 30.6 Å². The fourth-order valence-electron chi connectivity index (χ4n) is 4.00. The summed E-state index contributed by atoms with van der Waals surface area (Å²) >= 11 is 0. The van der Waals surface area contributed by atoms with E-state index in [0.29, 0.717) is 30.7 Å². The highest BCUT2D eigenvalue weighted by Crippen LogP contribution is 2.29. The average Bonchev–Trinajstić information content (AvgIpc) is 2.81. The molecule has 1 fully saturated rings. The number of benzene rings is 2. The number of hydrogen-bond acceptors (Lipinski definition) is 4. The number of hydrogen-bond donors (Lipinski definition) is 1. The molecule has 0 aromatic heterocycles. The van der Waals surface area contributed by atoms with Gasteiger partial charge in [-0.25, -0.2) is 0 Å². The van der Waals surface area contributed by atoms with Gasteiger partial charge in [0.25, 0.3) is 0 Å². The van der Waals surface area contributed by atoms with E-state index in [2.05, 4.69) is 5.32 Å². The van der Waals surface area contributed by atoms with Crippen molar-refractivity contribution in [3.05, 3.63) is 59.7 Å². The fourth-order valence-corrected chi connectivity index (χ4v) is 4.00. The van der Waals surface area contributed by atoms with E-state index in [1.54, 1.807) is 7.11 Å². The quantitative estimate of drug-likeness (QED) is 0.596. The summed E-state index contributed by atoms with van der Waals surface area (Å²) in [6.45, 7) is 6.86. The van der Waals surface area contributed by atoms with Gasteiger partial charge in [-0.3, -0.25) is 4.79 Å². The Hall–Kier alpha value is -2.53. The summed E-state index contributed by atoms with van der Waals surface area (Å²) in [7, 11) is 1.65. The lowest BCUT2D eigenvalue weighted by molar-refractivity contribution is -0.135. The number of ether oxygens (including phenoxy) is 2. The summed E-state index contributed by atoms with van der Waals surface area (Å²) in [6.07, 6.45) is 4.72. The van der Waals surface area contributed by atoms with Gasteiger partial charge in [-0.1, -0.05) is 56.7 Å². The first-order valence-corrected chi connectivity index (χ1v) is 11.4. The average molecular weight is 425 g/mol. The number of carbonyl (C=O) groups excluding carboxylic acids is 1. The third kappa shape index (κ3) is 7.00. The number of nitrogens with zero attached hydrogens (tertiary/aromatic N) is 1. The Morgan fingerprint density at radius 1 is 1.10 bits per heavy atom. The maximum atomic E-state index is 12.9. The van der Waals surface area contributed by atoms with Crippen LogP contribution < -0.4 is 14.8 Å². The highest BCUT2D eigenvalue weighted by atomic mass is 16.5. The van der Waals surface area contributed by atoms with Gasteiger partial charge in [-0.2, -0.15) is 0 Å². The van der Waals surface area contributed by atoms with Gasteiger partial charge in [0, 0.05) is 25.0 Å². The highest BCUT2D eigenvalue weighted by Gasteiger charge is 2.21. The van der Waals surface area contributed by atoms with Crippen LogP contribution >= 0.6 is 0 Å². The van der Waals surface area contributed by atoms with Gasteiger partial charge in [0.15, 0.2) is 11.5 Å². The second-order valence-electron chi connectivity index (χ2n) is 8.61. The first kappa shape index (κ1) is 23.1. The molecule has 1 amide bonds. The first-order chi connectivity index (χ1) is 15.1. The number of amides is 1. The zero-order chi connectivity index (χ0) is 22.1. The van der Waals surface area contributed by atoms with Crippen LogP contribution in [0.2, 0.25) is 0 Å². The van der Waals surface area contributed by atoms with Crippen molar-refractivity contribution in [1.82, 2.24) is 10.2 Å². The van der Waals surface area contributed by atoms with Gasteiger partial charge in [0.1, 0.15) is 6.61 Å². The van der Waals surface area contributed by atoms with E-state index in [-0.39, 0.29) is 11.8 Å². The van der Waals surface area contributed by atoms with Crippen LogP contribution in [-0.2, 0) is 17.9 Å². The second kappa shape index (κ2) is 11.8. The highest BCUT2D eigenvalue weighted by molar-refractivity contribution is 5.78. The Bertz CT molecular complexity index is 817. The lowest BCUT2D eigenvalue weighted by Crippen LogP contribution is -2.40. The topological polar surface area (TPSA) is 50.8 Å². The van der Waals surface area contributed by atoms with Gasteiger partial charge < -0.3 is 19.7 Å². The predicted octanol–water partition coefficient (Wildman–Crippen LogP) is 4.79. The number of nitrogens with one attached hydrogen (secondary N) is 1. The zero-order valence-corrected chi connectivity index (χ0v) is 19.1. The van der Waals surface area contributed by atoms with Crippen molar-refractivity contribution in [3.8, 4) is 11.5 Å². The normalized spacial score (nSPS) is 16.2. The first-order valence-electron chi connectivity index (χ1n) is 11.4. The lowest BCUT2D eigenvalue weighted by atomic mass is 10.0. The third-order valence-corrected chi connectivity index (χ3v) is 5.80. The predicted molar refractivity (Wildman–Crippen MR) is 124 cm³/mol. The van der Waals surface area contributed by atoms with Gasteiger partial charge in [0.05, 0.1) is 7.11 Å². The van der Waals surface area contributed by atoms with E-state index in [4.69, 9.17) is 9.47 Å². The van der Waals surface area contributed by atoms with E-state index >= 15 is 0 Å². The van der Waals surface area contributed by atoms with Crippen molar-refractivity contribution in [1.29, 1.82) is 0 Å². The van der Waals surface area contributed by atoms with Crippen molar-refractivity contribution in [2.45, 2.75) is 58.7 Å². The van der Waals surface area contributed by atoms with Crippen molar-refractivity contribution in [3.63, 3.8) is 0 Å². The van der Waals surface area contributed by atoms with Crippen molar-refractivity contribution in [2.24, 2.45) is 5.92 Å². The second-order valence-corrected chi connectivity index (χ2v) is 8.61. The summed E-state index contributed by atoms with van der Waals surface area (Å²) in [6, 6.07) is 16.5. The molecule has 2 aromatic rings. The van der Waals surface area contributed by atoms with Crippen molar-refractivity contribution in [2.75, 3.05) is 20.2 Å². The number of piperidine rings is 1. The molecule has 0 spiro atoms. The molecule has 31 heavy (non-hydrogen) atoms. The Morgan fingerprint density at radius 3 is 2.58 bits per heavy atom. The smallest absolute Gasteiger partial charge is 0.225 e. The van der Waals surface area contributed by atoms with Gasteiger partial charge in [0.2, 0.25) is 5.91 Å². The van der Waals surface area contributed by atoms with Gasteiger partial charge in [-0.15, -0.1) is 0 Å². The van der Waals surface area contributed by atoms with Crippen LogP contribution in [0.15, 0.2) is 48.5 Å². The molecule has 1 N–H and O–H groups in total. The Labute approximate surface area is 186 Å². The molecule has 2 aromatic carbocycles. The molecule has 1 saturated heterocycles. The van der Waals surface area contributed by atoms with Crippen molar-refractivity contribution < 1.29 is 14.3 Å². The summed E-state index contributed by atoms with van der Waals surface area (Å²) in [5, 5.41) is 3.59. The van der Waals surface area contributed by atoms with Crippen LogP contribution in [0.25, 0.3) is 0 Å². The van der Waals surface area contributed by atoms with E-state index in [9.17, 15) is 4.79 Å². The molecule has 0 aliphatic carbocycles. The van der Waals surface area contributed by atoms with Crippen LogP contribution in [-0.4, -0.2) is 37.0 Å². The number of rotatable bonds is 10. The van der Waals surface area contributed by atoms with E-state index in [1.807, 2.05) is 67.3 Å². The molecular weight excluding hydrogens is 388 g/mol. The molecule has 1 unspecified atom stereocenters. The maximum Gasteiger partial charge on any atom is 0.225 e. The van der Waals surface area contributed by atoms with Crippen LogP contribution in [0.1, 0.15) is 50.7 Å². The standard InChI is InChI=1S/C26H36N2O3/c1-20(2)26(29)28(16-14-23-11-7-8-15-27-23)18-22-12-13-24(25(17-22)30-3)31-19-21-9-5-4-6-10-21/h4-6,9-10,12-13,17,20,23,27H,7-8,11,14-16,18-19H2,1-3H3. The third-order valence-electron chi connectivity index (χ3n) is 5.80. The molecular formula is C26H36N2O3. The fraction of sp³-hybridized carbons (Fsp3) is 0.500. The summed E-state index contributed by atoms with van der Waals surface area (Å²) in [4.78, 5) is 14.8. The number of methoxy groups -OCH3 is 1. The molecule has 5 nitrogen and oxygen atoms in total. The SMILES string of the molecule is COc1cc(CN(CCC2CCCCN2)C(=O)C(C)C)ccc1OCc1ccccc1. The number of carbonyl (C=O) groups is 1. The molecule has 5 heteroatoms. The monoisotopic (exact) mass is 424 g/mol. The molecule has 1 aliphatic rings. The Morgan fingerprint density at radius 2 is 1.90 bits per heavy atom. The Balaban J connectivity index is 1.65. The minimum Gasteiger partial charge on any atom is -0.493 e. The molecule has 0 saturated carbocycles. The van der Waals surface area contributed by atoms with Gasteiger partial charge in [-0.05, 0) is 49.1 Å². The molecule has 0 radical (unpaired) electrons. The van der Waals surface area contributed by atoms with Crippen LogP contribution in [0.5, 0.6) is 11.5 Å². The maximum absolute atomic E-state index is 12.9. The van der Waals surface area contributed by atoms with Crippen molar-refractivity contribution >= 4 is 5.91 Å². The van der Waals surface area contributed by atoms with Crippen LogP contribution in [0.3, 0.4) is 0 Å². The summed E-state index contributed by atoms with van der Waals surface area (Å²) in [5.41, 5.74) is 2.16. The van der Waals surface area contributed by atoms with Crippen LogP contribution in [0.4, 0.5) is 0 Å². The molecule has 168 valence electrons. The minimum atomic E-state index is -0.0188.